The minimum atomic E-state index is -1.23. The molecule has 0 bridgehead atoms. The van der Waals surface area contributed by atoms with E-state index in [1.807, 2.05) is 6.08 Å². The number of methoxy groups -OCH3 is 1. The minimum absolute atomic E-state index is 0.0296. The number of benzene rings is 2. The molecule has 12 heteroatoms. The van der Waals surface area contributed by atoms with Crippen molar-refractivity contribution in [3.63, 3.8) is 0 Å². The molecule has 2 saturated carbocycles. The summed E-state index contributed by atoms with van der Waals surface area (Å²) in [6, 6.07) is 6.50. The van der Waals surface area contributed by atoms with E-state index in [2.05, 4.69) is 28.4 Å². The molecule has 50 heavy (non-hydrogen) atoms. The highest BCUT2D eigenvalue weighted by atomic mass is 19.1. The SMILES string of the molecule is C=CCCCCN(C)C(=O)[C@@H]1C[C@H](Oc2nc(-c3cc(F)cc(F)c3)nc3c(C)c(OC)ccc23)C[C@H]1C(=O)N[C@]1(C(=O)OCC)C[C@H]1C=C. The quantitative estimate of drug-likeness (QED) is 0.115. The summed E-state index contributed by atoms with van der Waals surface area (Å²) in [5.41, 5.74) is -0.00631. The van der Waals surface area contributed by atoms with Crippen LogP contribution < -0.4 is 14.8 Å². The van der Waals surface area contributed by atoms with Gasteiger partial charge in [-0.1, -0.05) is 12.2 Å². The van der Waals surface area contributed by atoms with Crippen LogP contribution in [0.5, 0.6) is 11.6 Å². The molecule has 10 nitrogen and oxygen atoms in total. The number of ether oxygens (including phenoxy) is 3. The standard InChI is InChI=1S/C38H44F2N4O6/c1-7-10-11-12-15-44(5)36(46)30-20-27(19-29(30)34(45)43-38(21-24(38)8-2)37(47)49-9-3)50-35-28-13-14-31(48-6)22(4)32(28)41-33(42-35)23-16-25(39)18-26(40)17-23/h7-8,13-14,16-18,24,27,29-30H,1-2,9-12,15,19-21H2,3-6H3,(H,43,45)/t24-,27-,29-,30-,38-/m1/s1. The summed E-state index contributed by atoms with van der Waals surface area (Å²) >= 11 is 0. The number of fused-ring (bicyclic) bond motifs is 1. The lowest BCUT2D eigenvalue weighted by Crippen LogP contribution is -2.50. The number of halogens is 2. The van der Waals surface area contributed by atoms with Crippen LogP contribution in [0.25, 0.3) is 22.3 Å². The Hall–Kier alpha value is -4.87. The van der Waals surface area contributed by atoms with Crippen molar-refractivity contribution in [3.05, 3.63) is 72.8 Å². The van der Waals surface area contributed by atoms with E-state index >= 15 is 0 Å². The van der Waals surface area contributed by atoms with Crippen molar-refractivity contribution < 1.29 is 37.4 Å². The first kappa shape index (κ1) is 36.4. The smallest absolute Gasteiger partial charge is 0.332 e. The molecular formula is C38H44F2N4O6. The van der Waals surface area contributed by atoms with Crippen LogP contribution in [0.3, 0.4) is 0 Å². The van der Waals surface area contributed by atoms with Crippen LogP contribution in [0.15, 0.2) is 55.6 Å². The summed E-state index contributed by atoms with van der Waals surface area (Å²) in [5, 5.41) is 3.44. The number of unbranched alkanes of at least 4 members (excludes halogenated alkanes) is 2. The van der Waals surface area contributed by atoms with E-state index < -0.39 is 47.0 Å². The fourth-order valence-corrected chi connectivity index (χ4v) is 6.82. The zero-order valence-corrected chi connectivity index (χ0v) is 29.0. The minimum Gasteiger partial charge on any atom is -0.496 e. The molecular weight excluding hydrogens is 646 g/mol. The maximum Gasteiger partial charge on any atom is 0.332 e. The predicted molar refractivity (Wildman–Crippen MR) is 184 cm³/mol. The first-order chi connectivity index (χ1) is 24.0. The lowest BCUT2D eigenvalue weighted by atomic mass is 9.93. The second-order valence-electron chi connectivity index (χ2n) is 13.0. The monoisotopic (exact) mass is 690 g/mol. The Balaban J connectivity index is 1.49. The summed E-state index contributed by atoms with van der Waals surface area (Å²) in [6.07, 6.45) is 5.96. The van der Waals surface area contributed by atoms with Gasteiger partial charge in [0.05, 0.1) is 36.5 Å². The normalized spacial score (nSPS) is 22.4. The molecule has 1 N–H and O–H groups in total. The van der Waals surface area contributed by atoms with E-state index in [0.717, 1.165) is 37.5 Å². The van der Waals surface area contributed by atoms with Gasteiger partial charge in [0.2, 0.25) is 17.7 Å². The number of hydrogen-bond donors (Lipinski definition) is 1. The van der Waals surface area contributed by atoms with E-state index in [-0.39, 0.29) is 48.5 Å². The highest BCUT2D eigenvalue weighted by Gasteiger charge is 2.62. The average Bonchev–Trinajstić information content (AvgIpc) is 3.65. The Morgan fingerprint density at radius 1 is 1.08 bits per heavy atom. The van der Waals surface area contributed by atoms with Gasteiger partial charge in [0.1, 0.15) is 29.0 Å². The van der Waals surface area contributed by atoms with Gasteiger partial charge < -0.3 is 24.4 Å². The fraction of sp³-hybridized carbons (Fsp3) is 0.447. The van der Waals surface area contributed by atoms with Crippen molar-refractivity contribution in [3.8, 4) is 23.0 Å². The first-order valence-corrected chi connectivity index (χ1v) is 16.9. The summed E-state index contributed by atoms with van der Waals surface area (Å²) in [7, 11) is 3.24. The number of amides is 2. The lowest BCUT2D eigenvalue weighted by Gasteiger charge is -2.26. The van der Waals surface area contributed by atoms with E-state index in [9.17, 15) is 23.2 Å². The third kappa shape index (κ3) is 7.49. The van der Waals surface area contributed by atoms with Gasteiger partial charge >= 0.3 is 5.97 Å². The number of hydrogen-bond acceptors (Lipinski definition) is 8. The molecule has 1 heterocycles. The number of allylic oxidation sites excluding steroid dienone is 1. The maximum absolute atomic E-state index is 14.3. The number of carbonyl (C=O) groups is 3. The molecule has 2 aliphatic carbocycles. The number of aromatic nitrogens is 2. The average molecular weight is 691 g/mol. The summed E-state index contributed by atoms with van der Waals surface area (Å²) < 4.78 is 45.9. The number of nitrogens with one attached hydrogen (secondary N) is 1. The van der Waals surface area contributed by atoms with E-state index in [1.54, 1.807) is 44.0 Å². The summed E-state index contributed by atoms with van der Waals surface area (Å²) in [6.45, 7) is 11.7. The highest BCUT2D eigenvalue weighted by Crippen LogP contribution is 2.47. The van der Waals surface area contributed by atoms with E-state index in [0.29, 0.717) is 35.2 Å². The predicted octanol–water partition coefficient (Wildman–Crippen LogP) is 6.10. The number of rotatable bonds is 15. The van der Waals surface area contributed by atoms with Crippen molar-refractivity contribution >= 4 is 28.7 Å². The van der Waals surface area contributed by atoms with Crippen LogP contribution in [0.4, 0.5) is 8.78 Å². The van der Waals surface area contributed by atoms with Crippen molar-refractivity contribution in [1.82, 2.24) is 20.2 Å². The molecule has 0 aliphatic heterocycles. The second-order valence-corrected chi connectivity index (χ2v) is 13.0. The van der Waals surface area contributed by atoms with Crippen molar-refractivity contribution in [2.45, 2.75) is 64.0 Å². The zero-order valence-electron chi connectivity index (χ0n) is 29.0. The Morgan fingerprint density at radius 3 is 2.44 bits per heavy atom. The molecule has 2 aliphatic rings. The lowest BCUT2D eigenvalue weighted by molar-refractivity contribution is -0.150. The number of nitrogens with zero attached hydrogens (tertiary/aromatic N) is 3. The molecule has 0 saturated heterocycles. The van der Waals surface area contributed by atoms with Gasteiger partial charge in [0, 0.05) is 36.7 Å². The maximum atomic E-state index is 14.3. The Morgan fingerprint density at radius 2 is 1.80 bits per heavy atom. The number of aryl methyl sites for hydroxylation is 1. The van der Waals surface area contributed by atoms with Crippen LogP contribution >= 0.6 is 0 Å². The van der Waals surface area contributed by atoms with Crippen LogP contribution in [-0.2, 0) is 19.1 Å². The van der Waals surface area contributed by atoms with Gasteiger partial charge in [0.25, 0.3) is 0 Å². The Labute approximate surface area is 290 Å². The molecule has 0 radical (unpaired) electrons. The summed E-state index contributed by atoms with van der Waals surface area (Å²) in [4.78, 5) is 51.8. The van der Waals surface area contributed by atoms with Gasteiger partial charge in [-0.15, -0.1) is 13.2 Å². The second kappa shape index (κ2) is 15.3. The highest BCUT2D eigenvalue weighted by molar-refractivity contribution is 5.95. The van der Waals surface area contributed by atoms with Gasteiger partial charge in [-0.3, -0.25) is 9.59 Å². The molecule has 3 aromatic rings. The molecule has 2 fully saturated rings. The molecule has 266 valence electrons. The fourth-order valence-electron chi connectivity index (χ4n) is 6.82. The van der Waals surface area contributed by atoms with Gasteiger partial charge in [-0.05, 0) is 76.6 Å². The van der Waals surface area contributed by atoms with Crippen LogP contribution in [0, 0.1) is 36.3 Å². The third-order valence-corrected chi connectivity index (χ3v) is 9.64. The third-order valence-electron chi connectivity index (χ3n) is 9.64. The topological polar surface area (TPSA) is 120 Å². The molecule has 0 spiro atoms. The number of carbonyl (C=O) groups excluding carboxylic acids is 3. The first-order valence-electron chi connectivity index (χ1n) is 16.9. The van der Waals surface area contributed by atoms with E-state index in [1.165, 1.54) is 7.11 Å². The van der Waals surface area contributed by atoms with Crippen LogP contribution in [0.2, 0.25) is 0 Å². The molecule has 2 amide bonds. The molecule has 5 rings (SSSR count). The van der Waals surface area contributed by atoms with Crippen LogP contribution in [0.1, 0.15) is 51.0 Å². The Kier molecular flexibility index (Phi) is 11.2. The van der Waals surface area contributed by atoms with Crippen LogP contribution in [-0.4, -0.2) is 71.6 Å². The van der Waals surface area contributed by atoms with Crippen molar-refractivity contribution in [1.29, 1.82) is 0 Å². The molecule has 0 unspecified atom stereocenters. The molecule has 5 atom stereocenters. The summed E-state index contributed by atoms with van der Waals surface area (Å²) in [5.74, 6) is -3.93. The molecule has 2 aromatic carbocycles. The Bertz CT molecular complexity index is 1780. The van der Waals surface area contributed by atoms with Gasteiger partial charge in [-0.2, -0.15) is 4.98 Å². The van der Waals surface area contributed by atoms with E-state index in [4.69, 9.17) is 14.2 Å². The molecule has 1 aromatic heterocycles. The number of esters is 1. The van der Waals surface area contributed by atoms with Gasteiger partial charge in [-0.25, -0.2) is 18.6 Å². The van der Waals surface area contributed by atoms with Crippen molar-refractivity contribution in [2.24, 2.45) is 17.8 Å². The zero-order chi connectivity index (χ0) is 36.2. The largest absolute Gasteiger partial charge is 0.496 e. The van der Waals surface area contributed by atoms with Crippen molar-refractivity contribution in [2.75, 3.05) is 27.3 Å². The van der Waals surface area contributed by atoms with Gasteiger partial charge in [0.15, 0.2) is 5.82 Å².